The number of hydrogen-bond donors (Lipinski definition) is 2. The first-order valence-electron chi connectivity index (χ1n) is 9.62. The number of carbonyl (C=O) groups is 2. The van der Waals surface area contributed by atoms with E-state index < -0.39 is 11.6 Å². The number of nitrogens with zero attached hydrogens (tertiary/aromatic N) is 1. The summed E-state index contributed by atoms with van der Waals surface area (Å²) in [5, 5.41) is 11.7. The first-order valence-corrected chi connectivity index (χ1v) is 9.62. The van der Waals surface area contributed by atoms with E-state index in [1.165, 1.54) is 12.1 Å². The molecule has 30 heavy (non-hydrogen) atoms. The van der Waals surface area contributed by atoms with Crippen molar-refractivity contribution in [3.05, 3.63) is 89.7 Å². The van der Waals surface area contributed by atoms with Crippen molar-refractivity contribution in [2.45, 2.75) is 25.4 Å². The topological polar surface area (TPSA) is 69.6 Å². The Morgan fingerprint density at radius 1 is 1.07 bits per heavy atom. The third-order valence-electron chi connectivity index (χ3n) is 5.38. The maximum absolute atomic E-state index is 13.3. The molecular formula is C24H21FN2O3. The van der Waals surface area contributed by atoms with Gasteiger partial charge in [-0.2, -0.15) is 0 Å². The molecule has 2 amide bonds. The highest BCUT2D eigenvalue weighted by Gasteiger charge is 2.43. The molecule has 2 N–H and O–H groups in total. The van der Waals surface area contributed by atoms with Crippen molar-refractivity contribution in [3.8, 4) is 11.1 Å². The summed E-state index contributed by atoms with van der Waals surface area (Å²) in [7, 11) is 0. The molecule has 6 heteroatoms. The predicted octanol–water partition coefficient (Wildman–Crippen LogP) is 4.61. The van der Waals surface area contributed by atoms with Crippen LogP contribution in [-0.4, -0.2) is 22.6 Å². The van der Waals surface area contributed by atoms with Gasteiger partial charge in [0, 0.05) is 12.1 Å². The van der Waals surface area contributed by atoms with E-state index in [9.17, 15) is 19.1 Å². The van der Waals surface area contributed by atoms with Gasteiger partial charge in [0.2, 0.25) is 0 Å². The lowest BCUT2D eigenvalue weighted by atomic mass is 9.84. The fraction of sp³-hybridized carbons (Fsp3) is 0.167. The second-order valence-corrected chi connectivity index (χ2v) is 7.67. The largest absolute Gasteiger partial charge is 0.465 e. The van der Waals surface area contributed by atoms with E-state index in [4.69, 9.17) is 0 Å². The van der Waals surface area contributed by atoms with Gasteiger partial charge in [0.1, 0.15) is 11.4 Å². The van der Waals surface area contributed by atoms with Crippen LogP contribution in [0.2, 0.25) is 0 Å². The van der Waals surface area contributed by atoms with Gasteiger partial charge in [-0.15, -0.1) is 0 Å². The Balaban J connectivity index is 1.78. The minimum Gasteiger partial charge on any atom is -0.465 e. The van der Waals surface area contributed by atoms with E-state index >= 15 is 0 Å². The molecular weight excluding hydrogens is 383 g/mol. The molecule has 0 saturated carbocycles. The second-order valence-electron chi connectivity index (χ2n) is 7.67. The van der Waals surface area contributed by atoms with Crippen LogP contribution >= 0.6 is 0 Å². The van der Waals surface area contributed by atoms with Gasteiger partial charge in [0.15, 0.2) is 0 Å². The molecule has 152 valence electrons. The summed E-state index contributed by atoms with van der Waals surface area (Å²) in [6.45, 7) is 1.94. The van der Waals surface area contributed by atoms with Crippen LogP contribution in [0.25, 0.3) is 11.1 Å². The van der Waals surface area contributed by atoms with Gasteiger partial charge in [-0.25, -0.2) is 9.18 Å². The molecule has 1 aliphatic rings. The fourth-order valence-corrected chi connectivity index (χ4v) is 3.93. The quantitative estimate of drug-likeness (QED) is 0.667. The number of amides is 2. The standard InChI is InChI=1S/C24H21FN2O3/c1-24(26-23(29)30)14-19-13-18(17-7-10-20(25)11-8-17)9-12-21(19)27(22(24)28)15-16-5-3-2-4-6-16/h2-13,26H,14-15H2,1H3,(H,29,30). The van der Waals surface area contributed by atoms with Gasteiger partial charge in [0.25, 0.3) is 5.91 Å². The van der Waals surface area contributed by atoms with E-state index in [0.717, 1.165) is 27.9 Å². The number of anilines is 1. The number of rotatable bonds is 4. The van der Waals surface area contributed by atoms with Gasteiger partial charge >= 0.3 is 6.09 Å². The number of benzene rings is 3. The number of carboxylic acid groups (broad SMARTS) is 1. The van der Waals surface area contributed by atoms with Crippen molar-refractivity contribution in [2.75, 3.05) is 4.90 Å². The summed E-state index contributed by atoms with van der Waals surface area (Å²) in [4.78, 5) is 26.3. The molecule has 0 spiro atoms. The lowest BCUT2D eigenvalue weighted by Crippen LogP contribution is -2.61. The maximum Gasteiger partial charge on any atom is 0.405 e. The fourth-order valence-electron chi connectivity index (χ4n) is 3.93. The van der Waals surface area contributed by atoms with Gasteiger partial charge in [-0.1, -0.05) is 48.5 Å². The average Bonchev–Trinajstić information content (AvgIpc) is 2.72. The molecule has 0 radical (unpaired) electrons. The molecule has 1 heterocycles. The Bertz CT molecular complexity index is 1100. The van der Waals surface area contributed by atoms with E-state index in [2.05, 4.69) is 5.32 Å². The lowest BCUT2D eigenvalue weighted by molar-refractivity contribution is -0.124. The number of hydrogen-bond acceptors (Lipinski definition) is 2. The zero-order chi connectivity index (χ0) is 21.3. The summed E-state index contributed by atoms with van der Waals surface area (Å²) in [6.07, 6.45) is -1.02. The summed E-state index contributed by atoms with van der Waals surface area (Å²) < 4.78 is 13.3. The summed E-state index contributed by atoms with van der Waals surface area (Å²) >= 11 is 0. The highest BCUT2D eigenvalue weighted by atomic mass is 19.1. The molecule has 0 aliphatic carbocycles. The lowest BCUT2D eigenvalue weighted by Gasteiger charge is -2.40. The normalized spacial score (nSPS) is 18.1. The van der Waals surface area contributed by atoms with Crippen LogP contribution in [0.1, 0.15) is 18.1 Å². The molecule has 4 rings (SSSR count). The zero-order valence-corrected chi connectivity index (χ0v) is 16.4. The first-order chi connectivity index (χ1) is 14.4. The Kier molecular flexibility index (Phi) is 4.99. The monoisotopic (exact) mass is 404 g/mol. The molecule has 0 saturated heterocycles. The maximum atomic E-state index is 13.3. The first kappa shape index (κ1) is 19.6. The van der Waals surface area contributed by atoms with E-state index in [0.29, 0.717) is 6.54 Å². The molecule has 1 aliphatic heterocycles. The molecule has 1 atom stereocenters. The third-order valence-corrected chi connectivity index (χ3v) is 5.38. The van der Waals surface area contributed by atoms with Crippen LogP contribution in [0.15, 0.2) is 72.8 Å². The predicted molar refractivity (Wildman–Crippen MR) is 113 cm³/mol. The van der Waals surface area contributed by atoms with Gasteiger partial charge < -0.3 is 15.3 Å². The van der Waals surface area contributed by atoms with Gasteiger partial charge in [0.05, 0.1) is 6.54 Å². The molecule has 1 unspecified atom stereocenters. The second kappa shape index (κ2) is 7.63. The van der Waals surface area contributed by atoms with Crippen molar-refractivity contribution in [1.29, 1.82) is 0 Å². The molecule has 0 aromatic heterocycles. The van der Waals surface area contributed by atoms with E-state index in [1.807, 2.05) is 48.5 Å². The summed E-state index contributed by atoms with van der Waals surface area (Å²) in [6, 6.07) is 21.4. The van der Waals surface area contributed by atoms with Crippen LogP contribution in [-0.2, 0) is 17.8 Å². The van der Waals surface area contributed by atoms with Gasteiger partial charge in [-0.05, 0) is 53.4 Å². The molecule has 5 nitrogen and oxygen atoms in total. The minimum atomic E-state index is -1.28. The molecule has 3 aromatic carbocycles. The van der Waals surface area contributed by atoms with Crippen LogP contribution in [0, 0.1) is 5.82 Å². The van der Waals surface area contributed by atoms with Crippen molar-refractivity contribution in [1.82, 2.24) is 5.32 Å². The van der Waals surface area contributed by atoms with Crippen molar-refractivity contribution in [3.63, 3.8) is 0 Å². The number of carbonyl (C=O) groups excluding carboxylic acids is 1. The smallest absolute Gasteiger partial charge is 0.405 e. The van der Waals surface area contributed by atoms with Crippen LogP contribution in [0.3, 0.4) is 0 Å². The van der Waals surface area contributed by atoms with E-state index in [1.54, 1.807) is 24.0 Å². The SMILES string of the molecule is CC1(NC(=O)O)Cc2cc(-c3ccc(F)cc3)ccc2N(Cc2ccccc2)C1=O. The minimum absolute atomic E-state index is 0.230. The summed E-state index contributed by atoms with van der Waals surface area (Å²) in [5.41, 5.74) is 2.98. The number of fused-ring (bicyclic) bond motifs is 1. The summed E-state index contributed by atoms with van der Waals surface area (Å²) in [5.74, 6) is -0.606. The number of halogens is 1. The molecule has 0 fully saturated rings. The average molecular weight is 404 g/mol. The van der Waals surface area contributed by atoms with E-state index in [-0.39, 0.29) is 18.1 Å². The van der Waals surface area contributed by atoms with Crippen molar-refractivity contribution < 1.29 is 19.1 Å². The Labute approximate surface area is 173 Å². The van der Waals surface area contributed by atoms with Crippen molar-refractivity contribution in [2.24, 2.45) is 0 Å². The van der Waals surface area contributed by atoms with Crippen molar-refractivity contribution >= 4 is 17.7 Å². The highest BCUT2D eigenvalue weighted by molar-refractivity contribution is 6.04. The Morgan fingerprint density at radius 3 is 2.40 bits per heavy atom. The zero-order valence-electron chi connectivity index (χ0n) is 16.4. The van der Waals surface area contributed by atoms with Crippen LogP contribution in [0.4, 0.5) is 14.9 Å². The Hall–Kier alpha value is -3.67. The van der Waals surface area contributed by atoms with Gasteiger partial charge in [-0.3, -0.25) is 4.79 Å². The van der Waals surface area contributed by atoms with Crippen LogP contribution < -0.4 is 10.2 Å². The highest BCUT2D eigenvalue weighted by Crippen LogP contribution is 2.36. The van der Waals surface area contributed by atoms with Crippen LogP contribution in [0.5, 0.6) is 0 Å². The molecule has 3 aromatic rings. The molecule has 0 bridgehead atoms. The number of nitrogens with one attached hydrogen (secondary N) is 1. The third kappa shape index (κ3) is 3.76. The Morgan fingerprint density at radius 2 is 1.73 bits per heavy atom.